The van der Waals surface area contributed by atoms with Gasteiger partial charge in [0, 0.05) is 13.5 Å². The Morgan fingerprint density at radius 3 is 2.73 bits per heavy atom. The number of furan rings is 1. The second-order valence-electron chi connectivity index (χ2n) is 3.94. The van der Waals surface area contributed by atoms with Crippen molar-refractivity contribution in [1.29, 1.82) is 0 Å². The summed E-state index contributed by atoms with van der Waals surface area (Å²) < 4.78 is 11.2. The molecule has 0 bridgehead atoms. The van der Waals surface area contributed by atoms with Crippen molar-refractivity contribution < 1.29 is 13.9 Å². The number of methoxy groups -OCH3 is 1. The number of hydrogen-bond acceptors (Lipinski definition) is 3. The summed E-state index contributed by atoms with van der Waals surface area (Å²) in [5.41, 5.74) is -0.226. The topological polar surface area (TPSA) is 39.4 Å². The lowest BCUT2D eigenvalue weighted by Crippen LogP contribution is -2.41. The Balaban J connectivity index is 2.03. The van der Waals surface area contributed by atoms with Gasteiger partial charge in [-0.2, -0.15) is 0 Å². The molecule has 82 valence electrons. The number of rotatable bonds is 4. The highest BCUT2D eigenvalue weighted by molar-refractivity contribution is 9.10. The van der Waals surface area contributed by atoms with Gasteiger partial charge >= 0.3 is 0 Å². The summed E-state index contributed by atoms with van der Waals surface area (Å²) in [6, 6.07) is 3.42. The number of ether oxygens (including phenoxy) is 1. The highest BCUT2D eigenvalue weighted by atomic mass is 79.9. The minimum Gasteiger partial charge on any atom is -0.446 e. The van der Waals surface area contributed by atoms with Crippen molar-refractivity contribution in [3.8, 4) is 0 Å². The maximum absolute atomic E-state index is 11.8. The second-order valence-corrected chi connectivity index (χ2v) is 4.73. The Hall–Kier alpha value is -0.610. The molecule has 1 saturated carbocycles. The first kappa shape index (κ1) is 10.9. The molecule has 1 fully saturated rings. The van der Waals surface area contributed by atoms with Crippen molar-refractivity contribution in [1.82, 2.24) is 0 Å². The quantitative estimate of drug-likeness (QED) is 0.791. The maximum atomic E-state index is 11.8. The van der Waals surface area contributed by atoms with Crippen LogP contribution in [0.1, 0.15) is 36.2 Å². The van der Waals surface area contributed by atoms with E-state index in [1.165, 1.54) is 0 Å². The summed E-state index contributed by atoms with van der Waals surface area (Å²) in [5, 5.41) is 0. The standard InChI is InChI=1S/C11H13BrO3/c1-14-11(5-2-6-11)7-8(13)9-3-4-10(12)15-9/h3-4H,2,5-7H2,1H3. The maximum Gasteiger partial charge on any atom is 0.200 e. The highest BCUT2D eigenvalue weighted by Crippen LogP contribution is 2.38. The van der Waals surface area contributed by atoms with Crippen molar-refractivity contribution >= 4 is 21.7 Å². The first-order chi connectivity index (χ1) is 7.15. The third-order valence-corrected chi connectivity index (χ3v) is 3.45. The van der Waals surface area contributed by atoms with Gasteiger partial charge in [0.05, 0.1) is 5.60 Å². The van der Waals surface area contributed by atoms with Crippen molar-refractivity contribution in [3.05, 3.63) is 22.6 Å². The summed E-state index contributed by atoms with van der Waals surface area (Å²) in [5.74, 6) is 0.424. The van der Waals surface area contributed by atoms with E-state index in [1.807, 2.05) is 0 Å². The second kappa shape index (κ2) is 4.10. The fourth-order valence-corrected chi connectivity index (χ4v) is 2.17. The normalized spacial score (nSPS) is 18.5. The van der Waals surface area contributed by atoms with Crippen LogP contribution in [0, 0.1) is 0 Å². The van der Waals surface area contributed by atoms with Gasteiger partial charge in [-0.3, -0.25) is 4.79 Å². The van der Waals surface area contributed by atoms with Crippen LogP contribution in [0.2, 0.25) is 0 Å². The van der Waals surface area contributed by atoms with Crippen molar-refractivity contribution in [2.45, 2.75) is 31.3 Å². The van der Waals surface area contributed by atoms with Gasteiger partial charge in [0.2, 0.25) is 5.78 Å². The molecule has 0 aliphatic heterocycles. The Labute approximate surface area is 96.9 Å². The Morgan fingerprint density at radius 2 is 2.33 bits per heavy atom. The molecule has 1 aliphatic rings. The number of carbonyl (C=O) groups is 1. The first-order valence-electron chi connectivity index (χ1n) is 4.99. The molecule has 4 heteroatoms. The van der Waals surface area contributed by atoms with Gasteiger partial charge in [-0.15, -0.1) is 0 Å². The summed E-state index contributed by atoms with van der Waals surface area (Å²) in [7, 11) is 1.67. The first-order valence-corrected chi connectivity index (χ1v) is 5.78. The van der Waals surface area contributed by atoms with E-state index in [0.717, 1.165) is 19.3 Å². The van der Waals surface area contributed by atoms with Crippen LogP contribution in [0.4, 0.5) is 0 Å². The van der Waals surface area contributed by atoms with E-state index in [2.05, 4.69) is 15.9 Å². The van der Waals surface area contributed by atoms with Crippen molar-refractivity contribution in [3.63, 3.8) is 0 Å². The molecule has 0 atom stereocenters. The van der Waals surface area contributed by atoms with Crippen LogP contribution in [0.3, 0.4) is 0 Å². The highest BCUT2D eigenvalue weighted by Gasteiger charge is 2.39. The number of Topliss-reactive ketones (excluding diaryl/α,β-unsaturated/α-hetero) is 1. The predicted molar refractivity (Wildman–Crippen MR) is 58.9 cm³/mol. The molecule has 1 aromatic heterocycles. The zero-order valence-corrected chi connectivity index (χ0v) is 10.2. The fourth-order valence-electron chi connectivity index (χ4n) is 1.87. The van der Waals surface area contributed by atoms with Crippen LogP contribution < -0.4 is 0 Å². The smallest absolute Gasteiger partial charge is 0.200 e. The van der Waals surface area contributed by atoms with E-state index >= 15 is 0 Å². The van der Waals surface area contributed by atoms with E-state index in [4.69, 9.17) is 9.15 Å². The average molecular weight is 273 g/mol. The lowest BCUT2D eigenvalue weighted by Gasteiger charge is -2.39. The van der Waals surface area contributed by atoms with E-state index in [-0.39, 0.29) is 11.4 Å². The largest absolute Gasteiger partial charge is 0.446 e. The zero-order valence-electron chi connectivity index (χ0n) is 8.59. The minimum atomic E-state index is -0.226. The predicted octanol–water partition coefficient (Wildman–Crippen LogP) is 3.18. The summed E-state index contributed by atoms with van der Waals surface area (Å²) in [4.78, 5) is 11.8. The molecule has 0 spiro atoms. The number of halogens is 1. The van der Waals surface area contributed by atoms with E-state index in [1.54, 1.807) is 19.2 Å². The lowest BCUT2D eigenvalue weighted by molar-refractivity contribution is -0.0708. The Kier molecular flexibility index (Phi) is 2.98. The van der Waals surface area contributed by atoms with Gasteiger partial charge in [0.25, 0.3) is 0 Å². The monoisotopic (exact) mass is 272 g/mol. The van der Waals surface area contributed by atoms with Gasteiger partial charge in [-0.25, -0.2) is 0 Å². The number of hydrogen-bond donors (Lipinski definition) is 0. The van der Waals surface area contributed by atoms with Crippen LogP contribution in [0.5, 0.6) is 0 Å². The van der Waals surface area contributed by atoms with Gasteiger partial charge in [0.1, 0.15) is 0 Å². The van der Waals surface area contributed by atoms with Crippen LogP contribution in [0.15, 0.2) is 21.2 Å². The molecule has 1 heterocycles. The molecule has 1 aliphatic carbocycles. The molecule has 0 radical (unpaired) electrons. The molecule has 0 aromatic carbocycles. The number of carbonyl (C=O) groups excluding carboxylic acids is 1. The third kappa shape index (κ3) is 2.16. The molecule has 0 saturated heterocycles. The lowest BCUT2D eigenvalue weighted by atomic mass is 9.76. The molecule has 15 heavy (non-hydrogen) atoms. The van der Waals surface area contributed by atoms with Crippen LogP contribution in [-0.2, 0) is 4.74 Å². The third-order valence-electron chi connectivity index (χ3n) is 3.03. The molecule has 3 nitrogen and oxygen atoms in total. The van der Waals surface area contributed by atoms with E-state index in [9.17, 15) is 4.79 Å². The van der Waals surface area contributed by atoms with E-state index in [0.29, 0.717) is 16.9 Å². The molecular formula is C11H13BrO3. The van der Waals surface area contributed by atoms with Gasteiger partial charge in [0.15, 0.2) is 10.4 Å². The van der Waals surface area contributed by atoms with Gasteiger partial charge < -0.3 is 9.15 Å². The minimum absolute atomic E-state index is 0.0160. The number of ketones is 1. The van der Waals surface area contributed by atoms with Crippen molar-refractivity contribution in [2.24, 2.45) is 0 Å². The van der Waals surface area contributed by atoms with E-state index < -0.39 is 0 Å². The summed E-state index contributed by atoms with van der Waals surface area (Å²) in [6.07, 6.45) is 3.50. The van der Waals surface area contributed by atoms with Crippen LogP contribution >= 0.6 is 15.9 Å². The Bertz CT molecular complexity index is 360. The SMILES string of the molecule is COC1(CC(=O)c2ccc(Br)o2)CCC1. The zero-order chi connectivity index (χ0) is 10.9. The molecule has 0 N–H and O–H groups in total. The summed E-state index contributed by atoms with van der Waals surface area (Å²) in [6.45, 7) is 0. The average Bonchev–Trinajstić information content (AvgIpc) is 2.58. The molecule has 2 rings (SSSR count). The molecule has 0 amide bonds. The van der Waals surface area contributed by atoms with Gasteiger partial charge in [-0.05, 0) is 47.3 Å². The van der Waals surface area contributed by atoms with Gasteiger partial charge in [-0.1, -0.05) is 0 Å². The Morgan fingerprint density at radius 1 is 1.60 bits per heavy atom. The van der Waals surface area contributed by atoms with Crippen molar-refractivity contribution in [2.75, 3.05) is 7.11 Å². The molecule has 1 aromatic rings. The molecule has 0 unspecified atom stereocenters. The van der Waals surface area contributed by atoms with Crippen LogP contribution in [0.25, 0.3) is 0 Å². The fraction of sp³-hybridized carbons (Fsp3) is 0.545. The van der Waals surface area contributed by atoms with Crippen LogP contribution in [-0.4, -0.2) is 18.5 Å². The summed E-state index contributed by atoms with van der Waals surface area (Å²) >= 11 is 3.18. The molecular weight excluding hydrogens is 260 g/mol.